The summed E-state index contributed by atoms with van der Waals surface area (Å²) in [5.41, 5.74) is 2.11. The van der Waals surface area contributed by atoms with Crippen molar-refractivity contribution in [3.63, 3.8) is 0 Å². The van der Waals surface area contributed by atoms with Gasteiger partial charge in [-0.25, -0.2) is 0 Å². The largest absolute Gasteiger partial charge is 0.393 e. The number of hydrogen-bond donors (Lipinski definition) is 2. The van der Waals surface area contributed by atoms with Gasteiger partial charge in [-0.1, -0.05) is 43.7 Å². The van der Waals surface area contributed by atoms with Crippen molar-refractivity contribution in [3.05, 3.63) is 42.0 Å². The first-order chi connectivity index (χ1) is 17.4. The van der Waals surface area contributed by atoms with Crippen LogP contribution in [0.2, 0.25) is 0 Å². The minimum Gasteiger partial charge on any atom is -0.393 e. The Morgan fingerprint density at radius 2 is 1.76 bits per heavy atom. The van der Waals surface area contributed by atoms with Gasteiger partial charge in [0.2, 0.25) is 11.8 Å². The van der Waals surface area contributed by atoms with Crippen LogP contribution < -0.4 is 10.2 Å². The maximum absolute atomic E-state index is 14.3. The van der Waals surface area contributed by atoms with E-state index in [2.05, 4.69) is 25.2 Å². The lowest BCUT2D eigenvalue weighted by Gasteiger charge is -2.58. The molecule has 0 spiro atoms. The second kappa shape index (κ2) is 9.55. The molecule has 0 unspecified atom stereocenters. The molecule has 5 rings (SSSR count). The number of hydrogen-bond acceptors (Lipinski definition) is 3. The van der Waals surface area contributed by atoms with Gasteiger partial charge in [0.15, 0.2) is 0 Å². The Balaban J connectivity index is 1.40. The molecule has 2 amide bonds. The van der Waals surface area contributed by atoms with E-state index in [1.54, 1.807) is 4.90 Å². The van der Waals surface area contributed by atoms with E-state index in [-0.39, 0.29) is 46.7 Å². The second-order valence-electron chi connectivity index (χ2n) is 13.9. The molecular weight excluding hydrogens is 460 g/mol. The number of anilines is 1. The fraction of sp³-hybridized carbons (Fsp3) is 0.688. The topological polar surface area (TPSA) is 69.6 Å². The van der Waals surface area contributed by atoms with E-state index in [0.717, 1.165) is 57.1 Å². The zero-order chi connectivity index (χ0) is 26.6. The molecule has 0 bridgehead atoms. The summed E-state index contributed by atoms with van der Waals surface area (Å²) in [5.74, 6) is 1.71. The molecule has 4 aliphatic rings. The van der Waals surface area contributed by atoms with Crippen LogP contribution in [0, 0.1) is 34.5 Å². The number of nitrogens with one attached hydrogen (secondary N) is 1. The molecule has 1 aromatic carbocycles. The third-order valence-electron chi connectivity index (χ3n) is 10.5. The maximum atomic E-state index is 14.3. The fourth-order valence-electron chi connectivity index (χ4n) is 8.74. The number of amides is 2. The normalized spacial score (nSPS) is 37.0. The molecule has 0 aliphatic heterocycles. The fourth-order valence-corrected chi connectivity index (χ4v) is 8.74. The van der Waals surface area contributed by atoms with E-state index in [9.17, 15) is 14.7 Å². The number of nitrogens with zero attached hydrogens (tertiary/aromatic N) is 1. The van der Waals surface area contributed by atoms with Gasteiger partial charge in [-0.2, -0.15) is 0 Å². The van der Waals surface area contributed by atoms with Gasteiger partial charge in [0.25, 0.3) is 0 Å². The van der Waals surface area contributed by atoms with E-state index in [0.29, 0.717) is 17.8 Å². The zero-order valence-electron chi connectivity index (χ0n) is 23.4. The Morgan fingerprint density at radius 3 is 2.46 bits per heavy atom. The highest BCUT2D eigenvalue weighted by Gasteiger charge is 2.60. The van der Waals surface area contributed by atoms with Crippen molar-refractivity contribution >= 4 is 17.5 Å². The Kier molecular flexibility index (Phi) is 6.83. The lowest BCUT2D eigenvalue weighted by molar-refractivity contribution is -0.131. The third-order valence-corrected chi connectivity index (χ3v) is 10.5. The van der Waals surface area contributed by atoms with Crippen molar-refractivity contribution in [2.45, 2.75) is 97.6 Å². The van der Waals surface area contributed by atoms with Gasteiger partial charge in [-0.05, 0) is 113 Å². The molecule has 5 nitrogen and oxygen atoms in total. The molecule has 4 aliphatic carbocycles. The van der Waals surface area contributed by atoms with Gasteiger partial charge in [-0.3, -0.25) is 9.59 Å². The molecule has 0 radical (unpaired) electrons. The second-order valence-corrected chi connectivity index (χ2v) is 13.9. The summed E-state index contributed by atoms with van der Waals surface area (Å²) in [6, 6.07) is 9.72. The SMILES string of the molecule is CC(C)(C)NC(=O)CN(C(=O)[C@H]1CC[C@H]2[C@@H]3CC=C4C[C@@H](O)CC[C@]4(C)[C@H]3CC[C@]12C)c1ccccc1. The van der Waals surface area contributed by atoms with Gasteiger partial charge < -0.3 is 15.3 Å². The minimum absolute atomic E-state index is 0.0400. The molecule has 202 valence electrons. The number of allylic oxidation sites excluding steroid dienone is 1. The molecule has 5 heteroatoms. The molecule has 1 aromatic rings. The van der Waals surface area contributed by atoms with Gasteiger partial charge in [0, 0.05) is 17.1 Å². The van der Waals surface area contributed by atoms with Gasteiger partial charge in [0.05, 0.1) is 6.10 Å². The predicted molar refractivity (Wildman–Crippen MR) is 148 cm³/mol. The predicted octanol–water partition coefficient (Wildman–Crippen LogP) is 5.87. The number of fused-ring (bicyclic) bond motifs is 5. The minimum atomic E-state index is -0.343. The molecule has 3 fully saturated rings. The molecule has 2 N–H and O–H groups in total. The first kappa shape index (κ1) is 26.5. The van der Waals surface area contributed by atoms with E-state index < -0.39 is 0 Å². The zero-order valence-corrected chi connectivity index (χ0v) is 23.4. The number of carbonyl (C=O) groups excluding carboxylic acids is 2. The lowest BCUT2D eigenvalue weighted by Crippen LogP contribution is -2.53. The quantitative estimate of drug-likeness (QED) is 0.502. The van der Waals surface area contributed by atoms with Crippen molar-refractivity contribution in [2.24, 2.45) is 34.5 Å². The van der Waals surface area contributed by atoms with Gasteiger partial charge in [0.1, 0.15) is 6.54 Å². The van der Waals surface area contributed by atoms with Crippen molar-refractivity contribution in [2.75, 3.05) is 11.4 Å². The number of rotatable bonds is 4. The first-order valence-corrected chi connectivity index (χ1v) is 14.5. The molecular formula is C32H46N2O3. The third kappa shape index (κ3) is 4.77. The summed E-state index contributed by atoms with van der Waals surface area (Å²) in [5, 5.41) is 13.3. The van der Waals surface area contributed by atoms with Crippen LogP contribution in [0.15, 0.2) is 42.0 Å². The molecule has 0 heterocycles. The average molecular weight is 507 g/mol. The average Bonchev–Trinajstić information content (AvgIpc) is 3.19. The Hall–Kier alpha value is -2.14. The smallest absolute Gasteiger partial charge is 0.240 e. The lowest BCUT2D eigenvalue weighted by atomic mass is 9.47. The molecule has 0 saturated heterocycles. The highest BCUT2D eigenvalue weighted by molar-refractivity contribution is 6.00. The number of benzene rings is 1. The Bertz CT molecular complexity index is 1060. The van der Waals surface area contributed by atoms with Crippen LogP contribution in [0.4, 0.5) is 5.69 Å². The molecule has 7 atom stereocenters. The Morgan fingerprint density at radius 1 is 1.03 bits per heavy atom. The van der Waals surface area contributed by atoms with Crippen LogP contribution in [-0.4, -0.2) is 35.1 Å². The molecule has 0 aromatic heterocycles. The highest BCUT2D eigenvalue weighted by atomic mass is 16.3. The van der Waals surface area contributed by atoms with E-state index in [1.807, 2.05) is 51.1 Å². The van der Waals surface area contributed by atoms with Crippen molar-refractivity contribution in [3.8, 4) is 0 Å². The number of aliphatic hydroxyl groups excluding tert-OH is 1. The Labute approximate surface area is 223 Å². The van der Waals surface area contributed by atoms with Crippen LogP contribution >= 0.6 is 0 Å². The van der Waals surface area contributed by atoms with E-state index in [1.165, 1.54) is 5.57 Å². The summed E-state index contributed by atoms with van der Waals surface area (Å²) >= 11 is 0. The van der Waals surface area contributed by atoms with Crippen molar-refractivity contribution in [1.29, 1.82) is 0 Å². The summed E-state index contributed by atoms with van der Waals surface area (Å²) in [6.45, 7) is 10.8. The summed E-state index contributed by atoms with van der Waals surface area (Å²) < 4.78 is 0. The summed E-state index contributed by atoms with van der Waals surface area (Å²) in [4.78, 5) is 29.0. The van der Waals surface area contributed by atoms with Crippen molar-refractivity contribution < 1.29 is 14.7 Å². The monoisotopic (exact) mass is 506 g/mol. The summed E-state index contributed by atoms with van der Waals surface area (Å²) in [7, 11) is 0. The standard InChI is InChI=1S/C32H46N2O3/c1-30(2,3)33-28(36)20-34(22-9-7-6-8-10-22)29(37)27-14-13-25-24-12-11-21-19-23(35)15-17-31(21,4)26(24)16-18-32(25,27)5/h6-11,23-27,35H,12-20H2,1-5H3,(H,33,36)/t23-,24-,25-,26-,27+,31-,32-/m0/s1. The maximum Gasteiger partial charge on any atom is 0.240 e. The van der Waals surface area contributed by atoms with Crippen LogP contribution in [0.5, 0.6) is 0 Å². The van der Waals surface area contributed by atoms with E-state index in [4.69, 9.17) is 0 Å². The molecule has 3 saturated carbocycles. The van der Waals surface area contributed by atoms with Crippen LogP contribution in [-0.2, 0) is 9.59 Å². The van der Waals surface area contributed by atoms with Gasteiger partial charge in [-0.15, -0.1) is 0 Å². The van der Waals surface area contributed by atoms with Crippen LogP contribution in [0.25, 0.3) is 0 Å². The molecule has 37 heavy (non-hydrogen) atoms. The van der Waals surface area contributed by atoms with Crippen LogP contribution in [0.1, 0.15) is 86.0 Å². The number of para-hydroxylation sites is 1. The number of aliphatic hydroxyl groups is 1. The van der Waals surface area contributed by atoms with Gasteiger partial charge >= 0.3 is 0 Å². The van der Waals surface area contributed by atoms with Crippen LogP contribution in [0.3, 0.4) is 0 Å². The first-order valence-electron chi connectivity index (χ1n) is 14.5. The van der Waals surface area contributed by atoms with E-state index >= 15 is 0 Å². The number of carbonyl (C=O) groups is 2. The summed E-state index contributed by atoms with van der Waals surface area (Å²) in [6.07, 6.45) is 10.4. The van der Waals surface area contributed by atoms with Crippen molar-refractivity contribution in [1.82, 2.24) is 5.32 Å². The highest BCUT2D eigenvalue weighted by Crippen LogP contribution is 2.66.